The first-order valence-corrected chi connectivity index (χ1v) is 5.54. The average Bonchev–Trinajstić information content (AvgIpc) is 2.29. The van der Waals surface area contributed by atoms with E-state index in [9.17, 15) is 0 Å². The van der Waals surface area contributed by atoms with Crippen LogP contribution >= 0.6 is 0 Å². The first kappa shape index (κ1) is 10.3. The van der Waals surface area contributed by atoms with Crippen LogP contribution in [0.1, 0.15) is 12.8 Å². The second kappa shape index (κ2) is 5.03. The van der Waals surface area contributed by atoms with Crippen LogP contribution in [0.3, 0.4) is 0 Å². The molecule has 3 N–H and O–H groups in total. The van der Waals surface area contributed by atoms with Crippen molar-refractivity contribution in [2.45, 2.75) is 12.8 Å². The zero-order valence-corrected chi connectivity index (χ0v) is 8.91. The van der Waals surface area contributed by atoms with Crippen LogP contribution in [-0.4, -0.2) is 19.7 Å². The quantitative estimate of drug-likeness (QED) is 0.739. The molecule has 0 unspecified atom stereocenters. The molecule has 1 aromatic rings. The number of ether oxygens (including phenoxy) is 1. The van der Waals surface area contributed by atoms with Gasteiger partial charge in [-0.3, -0.25) is 0 Å². The van der Waals surface area contributed by atoms with Gasteiger partial charge < -0.3 is 15.8 Å². The van der Waals surface area contributed by atoms with E-state index in [4.69, 9.17) is 10.5 Å². The number of nitrogen functional groups attached to an aromatic ring is 1. The largest absolute Gasteiger partial charge is 0.491 e. The molecule has 0 bridgehead atoms. The minimum Gasteiger partial charge on any atom is -0.491 e. The lowest BCUT2D eigenvalue weighted by Gasteiger charge is -2.22. The number of piperidine rings is 1. The summed E-state index contributed by atoms with van der Waals surface area (Å²) in [6, 6.07) is 7.68. The number of benzene rings is 1. The smallest absolute Gasteiger partial charge is 0.142 e. The number of nitrogens with two attached hydrogens (primary N) is 1. The number of nitrogens with one attached hydrogen (secondary N) is 1. The van der Waals surface area contributed by atoms with E-state index in [1.165, 1.54) is 12.8 Å². The van der Waals surface area contributed by atoms with Crippen molar-refractivity contribution in [2.75, 3.05) is 25.4 Å². The van der Waals surface area contributed by atoms with Crippen LogP contribution in [0, 0.1) is 5.92 Å². The Kier molecular flexibility index (Phi) is 3.45. The molecule has 1 saturated heterocycles. The molecule has 1 aliphatic heterocycles. The first-order valence-electron chi connectivity index (χ1n) is 5.54. The van der Waals surface area contributed by atoms with Crippen molar-refractivity contribution in [2.24, 2.45) is 5.92 Å². The summed E-state index contributed by atoms with van der Waals surface area (Å²) in [6.45, 7) is 3.01. The van der Waals surface area contributed by atoms with Crippen LogP contribution in [0.2, 0.25) is 0 Å². The van der Waals surface area contributed by atoms with Crippen molar-refractivity contribution in [3.63, 3.8) is 0 Å². The highest BCUT2D eigenvalue weighted by Crippen LogP contribution is 2.21. The summed E-state index contributed by atoms with van der Waals surface area (Å²) in [7, 11) is 0. The summed E-state index contributed by atoms with van der Waals surface area (Å²) in [5.74, 6) is 1.49. The third-order valence-electron chi connectivity index (χ3n) is 2.85. The Labute approximate surface area is 90.6 Å². The topological polar surface area (TPSA) is 47.3 Å². The molecule has 1 aromatic carbocycles. The van der Waals surface area contributed by atoms with Gasteiger partial charge in [0.2, 0.25) is 0 Å². The fourth-order valence-electron chi connectivity index (χ4n) is 1.87. The molecule has 0 atom stereocenters. The van der Waals surface area contributed by atoms with Gasteiger partial charge >= 0.3 is 0 Å². The fourth-order valence-corrected chi connectivity index (χ4v) is 1.87. The molecule has 0 spiro atoms. The van der Waals surface area contributed by atoms with Gasteiger partial charge in [0.05, 0.1) is 12.3 Å². The minimum absolute atomic E-state index is 0.672. The Bertz CT molecular complexity index is 308. The van der Waals surface area contributed by atoms with E-state index >= 15 is 0 Å². The van der Waals surface area contributed by atoms with Gasteiger partial charge in [-0.25, -0.2) is 0 Å². The Morgan fingerprint density at radius 1 is 1.27 bits per heavy atom. The summed E-state index contributed by atoms with van der Waals surface area (Å²) in [5, 5.41) is 3.34. The molecule has 1 aliphatic rings. The Morgan fingerprint density at radius 2 is 2.00 bits per heavy atom. The number of hydrogen-bond donors (Lipinski definition) is 2. The highest BCUT2D eigenvalue weighted by Gasteiger charge is 2.13. The fraction of sp³-hybridized carbons (Fsp3) is 0.500. The SMILES string of the molecule is Nc1ccccc1OCC1CCNCC1. The van der Waals surface area contributed by atoms with Gasteiger partial charge in [0, 0.05) is 0 Å². The summed E-state index contributed by atoms with van der Waals surface area (Å²) < 4.78 is 5.72. The third-order valence-corrected chi connectivity index (χ3v) is 2.85. The van der Waals surface area contributed by atoms with Gasteiger partial charge in [-0.05, 0) is 44.0 Å². The molecule has 0 aromatic heterocycles. The molecule has 82 valence electrons. The normalized spacial score (nSPS) is 17.6. The van der Waals surface area contributed by atoms with Crippen LogP contribution < -0.4 is 15.8 Å². The maximum absolute atomic E-state index is 5.80. The van der Waals surface area contributed by atoms with Crippen molar-refractivity contribution in [3.05, 3.63) is 24.3 Å². The van der Waals surface area contributed by atoms with Crippen molar-refractivity contribution < 1.29 is 4.74 Å². The molecule has 0 amide bonds. The molecule has 1 fully saturated rings. The Balaban J connectivity index is 1.84. The Hall–Kier alpha value is -1.22. The van der Waals surface area contributed by atoms with Crippen LogP contribution in [0.25, 0.3) is 0 Å². The van der Waals surface area contributed by atoms with Gasteiger partial charge in [0.15, 0.2) is 0 Å². The van der Waals surface area contributed by atoms with E-state index in [1.807, 2.05) is 24.3 Å². The Morgan fingerprint density at radius 3 is 2.73 bits per heavy atom. The number of hydrogen-bond acceptors (Lipinski definition) is 3. The molecule has 2 rings (SSSR count). The van der Waals surface area contributed by atoms with Crippen LogP contribution in [0.4, 0.5) is 5.69 Å². The first-order chi connectivity index (χ1) is 7.36. The van der Waals surface area contributed by atoms with Gasteiger partial charge in [0.1, 0.15) is 5.75 Å². The highest BCUT2D eigenvalue weighted by molar-refractivity contribution is 5.51. The predicted octanol–water partition coefficient (Wildman–Crippen LogP) is 1.65. The van der Waals surface area contributed by atoms with Crippen LogP contribution in [0.15, 0.2) is 24.3 Å². The molecular weight excluding hydrogens is 188 g/mol. The molecule has 3 heteroatoms. The van der Waals surface area contributed by atoms with Crippen molar-refractivity contribution in [1.82, 2.24) is 5.32 Å². The molecule has 0 saturated carbocycles. The van der Waals surface area contributed by atoms with E-state index in [2.05, 4.69) is 5.32 Å². The van der Waals surface area contributed by atoms with Gasteiger partial charge in [-0.1, -0.05) is 12.1 Å². The standard InChI is InChI=1S/C12H18N2O/c13-11-3-1-2-4-12(11)15-9-10-5-7-14-8-6-10/h1-4,10,14H,5-9,13H2. The summed E-state index contributed by atoms with van der Waals surface area (Å²) in [6.07, 6.45) is 2.40. The minimum atomic E-state index is 0.672. The van der Waals surface area contributed by atoms with Gasteiger partial charge in [0.25, 0.3) is 0 Å². The maximum atomic E-state index is 5.80. The predicted molar refractivity (Wildman–Crippen MR) is 61.9 cm³/mol. The monoisotopic (exact) mass is 206 g/mol. The van der Waals surface area contributed by atoms with Crippen molar-refractivity contribution in [1.29, 1.82) is 0 Å². The average molecular weight is 206 g/mol. The lowest BCUT2D eigenvalue weighted by atomic mass is 9.99. The summed E-state index contributed by atoms with van der Waals surface area (Å²) >= 11 is 0. The van der Waals surface area contributed by atoms with E-state index in [0.717, 1.165) is 31.1 Å². The zero-order valence-electron chi connectivity index (χ0n) is 8.91. The second-order valence-electron chi connectivity index (χ2n) is 4.04. The van der Waals surface area contributed by atoms with Gasteiger partial charge in [-0.15, -0.1) is 0 Å². The number of rotatable bonds is 3. The van der Waals surface area contributed by atoms with E-state index < -0.39 is 0 Å². The molecule has 0 aliphatic carbocycles. The molecule has 3 nitrogen and oxygen atoms in total. The lowest BCUT2D eigenvalue weighted by molar-refractivity contribution is 0.216. The molecule has 1 heterocycles. The number of para-hydroxylation sites is 2. The number of anilines is 1. The van der Waals surface area contributed by atoms with E-state index in [-0.39, 0.29) is 0 Å². The van der Waals surface area contributed by atoms with E-state index in [1.54, 1.807) is 0 Å². The van der Waals surface area contributed by atoms with Crippen LogP contribution in [-0.2, 0) is 0 Å². The molecule has 15 heavy (non-hydrogen) atoms. The second-order valence-corrected chi connectivity index (χ2v) is 4.04. The zero-order chi connectivity index (χ0) is 10.5. The van der Waals surface area contributed by atoms with Crippen LogP contribution in [0.5, 0.6) is 5.75 Å². The van der Waals surface area contributed by atoms with E-state index in [0.29, 0.717) is 5.92 Å². The lowest BCUT2D eigenvalue weighted by Crippen LogP contribution is -2.30. The summed E-state index contributed by atoms with van der Waals surface area (Å²) in [5.41, 5.74) is 6.53. The van der Waals surface area contributed by atoms with Crippen molar-refractivity contribution >= 4 is 5.69 Å². The molecule has 0 radical (unpaired) electrons. The maximum Gasteiger partial charge on any atom is 0.142 e. The highest BCUT2D eigenvalue weighted by atomic mass is 16.5. The van der Waals surface area contributed by atoms with Crippen molar-refractivity contribution in [3.8, 4) is 5.75 Å². The molecular formula is C12H18N2O. The third kappa shape index (κ3) is 2.86. The summed E-state index contributed by atoms with van der Waals surface area (Å²) in [4.78, 5) is 0. The van der Waals surface area contributed by atoms with Gasteiger partial charge in [-0.2, -0.15) is 0 Å².